The van der Waals surface area contributed by atoms with Crippen LogP contribution in [0.15, 0.2) is 79.1 Å². The van der Waals surface area contributed by atoms with Crippen molar-refractivity contribution in [2.45, 2.75) is 6.42 Å². The number of H-pyrrole nitrogens is 1. The lowest BCUT2D eigenvalue weighted by molar-refractivity contribution is -0.115. The minimum Gasteiger partial charge on any atom is -0.361 e. The van der Waals surface area contributed by atoms with Gasteiger partial charge in [0, 0.05) is 41.7 Å². The maximum Gasteiger partial charge on any atom is 0.228 e. The van der Waals surface area contributed by atoms with Gasteiger partial charge >= 0.3 is 0 Å². The van der Waals surface area contributed by atoms with Crippen LogP contribution >= 0.6 is 0 Å². The topological polar surface area (TPSA) is 61.0 Å². The van der Waals surface area contributed by atoms with Crippen molar-refractivity contribution in [1.29, 1.82) is 0 Å². The number of nitrogens with one attached hydrogen (secondary N) is 2. The highest BCUT2D eigenvalue weighted by Gasteiger charge is 2.10. The number of carbonyl (C=O) groups is 1. The molecule has 2 aromatic carbocycles. The van der Waals surface area contributed by atoms with Gasteiger partial charge in [0.1, 0.15) is 5.82 Å². The molecule has 4 aromatic rings. The van der Waals surface area contributed by atoms with E-state index in [4.69, 9.17) is 0 Å². The van der Waals surface area contributed by atoms with Crippen molar-refractivity contribution in [3.05, 3.63) is 84.7 Å². The molecule has 27 heavy (non-hydrogen) atoms. The first kappa shape index (κ1) is 16.8. The van der Waals surface area contributed by atoms with Crippen molar-refractivity contribution in [3.63, 3.8) is 0 Å². The Morgan fingerprint density at radius 1 is 1.04 bits per heavy atom. The molecule has 5 heteroatoms. The van der Waals surface area contributed by atoms with Crippen LogP contribution in [0.1, 0.15) is 5.56 Å². The van der Waals surface area contributed by atoms with E-state index in [1.54, 1.807) is 6.20 Å². The van der Waals surface area contributed by atoms with Crippen molar-refractivity contribution in [2.75, 3.05) is 17.3 Å². The average Bonchev–Trinajstić information content (AvgIpc) is 3.11. The van der Waals surface area contributed by atoms with Crippen LogP contribution in [-0.4, -0.2) is 22.9 Å². The lowest BCUT2D eigenvalue weighted by Gasteiger charge is -2.18. The number of para-hydroxylation sites is 1. The molecule has 0 aliphatic heterocycles. The summed E-state index contributed by atoms with van der Waals surface area (Å²) in [5.74, 6) is 0.833. The SMILES string of the molecule is CN(c1ccc(NC(=O)Cc2c[nH]c3ccccc23)cc1)c1ccccn1. The zero-order chi connectivity index (χ0) is 18.6. The summed E-state index contributed by atoms with van der Waals surface area (Å²) in [7, 11) is 1.97. The second kappa shape index (κ2) is 7.33. The first-order chi connectivity index (χ1) is 13.2. The third kappa shape index (κ3) is 3.67. The van der Waals surface area contributed by atoms with E-state index in [9.17, 15) is 4.79 Å². The highest BCUT2D eigenvalue weighted by Crippen LogP contribution is 2.23. The lowest BCUT2D eigenvalue weighted by Crippen LogP contribution is -2.14. The molecule has 5 nitrogen and oxygen atoms in total. The third-order valence-corrected chi connectivity index (χ3v) is 4.56. The minimum absolute atomic E-state index is 0.0365. The summed E-state index contributed by atoms with van der Waals surface area (Å²) < 4.78 is 0. The third-order valence-electron chi connectivity index (χ3n) is 4.56. The molecular weight excluding hydrogens is 336 g/mol. The predicted molar refractivity (Wildman–Crippen MR) is 109 cm³/mol. The van der Waals surface area contributed by atoms with Crippen LogP contribution in [0.3, 0.4) is 0 Å². The van der Waals surface area contributed by atoms with Crippen molar-refractivity contribution < 1.29 is 4.79 Å². The normalized spacial score (nSPS) is 10.7. The van der Waals surface area contributed by atoms with Gasteiger partial charge in [0.25, 0.3) is 0 Å². The fourth-order valence-electron chi connectivity index (χ4n) is 3.11. The number of hydrogen-bond acceptors (Lipinski definition) is 3. The van der Waals surface area contributed by atoms with Crippen LogP contribution in [0.2, 0.25) is 0 Å². The number of anilines is 3. The van der Waals surface area contributed by atoms with Gasteiger partial charge in [0.15, 0.2) is 0 Å². The van der Waals surface area contributed by atoms with Crippen LogP contribution in [0.5, 0.6) is 0 Å². The Hall–Kier alpha value is -3.60. The first-order valence-corrected chi connectivity index (χ1v) is 8.80. The van der Waals surface area contributed by atoms with Crippen molar-refractivity contribution in [3.8, 4) is 0 Å². The molecule has 0 aliphatic carbocycles. The molecule has 0 aliphatic rings. The number of carbonyl (C=O) groups excluding carboxylic acids is 1. The Morgan fingerprint density at radius 2 is 1.81 bits per heavy atom. The van der Waals surface area contributed by atoms with E-state index in [0.717, 1.165) is 33.7 Å². The molecule has 2 N–H and O–H groups in total. The van der Waals surface area contributed by atoms with E-state index < -0.39 is 0 Å². The minimum atomic E-state index is -0.0365. The Balaban J connectivity index is 1.43. The molecular formula is C22H20N4O. The summed E-state index contributed by atoms with van der Waals surface area (Å²) in [6.07, 6.45) is 4.00. The number of pyridine rings is 1. The first-order valence-electron chi connectivity index (χ1n) is 8.80. The number of aromatic nitrogens is 2. The van der Waals surface area contributed by atoms with Gasteiger partial charge in [-0.25, -0.2) is 4.98 Å². The van der Waals surface area contributed by atoms with Crippen molar-refractivity contribution >= 4 is 34.0 Å². The summed E-state index contributed by atoms with van der Waals surface area (Å²) >= 11 is 0. The number of aromatic amines is 1. The summed E-state index contributed by atoms with van der Waals surface area (Å²) in [6.45, 7) is 0. The van der Waals surface area contributed by atoms with Crippen LogP contribution in [-0.2, 0) is 11.2 Å². The van der Waals surface area contributed by atoms with Crippen LogP contribution < -0.4 is 10.2 Å². The number of amides is 1. The summed E-state index contributed by atoms with van der Waals surface area (Å²) in [6, 6.07) is 21.5. The zero-order valence-electron chi connectivity index (χ0n) is 15.0. The van der Waals surface area contributed by atoms with Gasteiger partial charge < -0.3 is 15.2 Å². The zero-order valence-corrected chi connectivity index (χ0v) is 15.0. The van der Waals surface area contributed by atoms with E-state index in [2.05, 4.69) is 15.3 Å². The van der Waals surface area contributed by atoms with Crippen LogP contribution in [0.4, 0.5) is 17.2 Å². The molecule has 134 valence electrons. The molecule has 0 saturated heterocycles. The maximum absolute atomic E-state index is 12.4. The van der Waals surface area contributed by atoms with Gasteiger partial charge in [-0.15, -0.1) is 0 Å². The van der Waals surface area contributed by atoms with Crippen LogP contribution in [0.25, 0.3) is 10.9 Å². The molecule has 0 unspecified atom stereocenters. The molecule has 4 rings (SSSR count). The largest absolute Gasteiger partial charge is 0.361 e. The molecule has 2 heterocycles. The number of nitrogens with zero attached hydrogens (tertiary/aromatic N) is 2. The number of fused-ring (bicyclic) bond motifs is 1. The standard InChI is InChI=1S/C22H20N4O/c1-26(21-8-4-5-13-23-21)18-11-9-17(10-12-18)25-22(27)14-16-15-24-20-7-3-2-6-19(16)20/h2-13,15,24H,14H2,1H3,(H,25,27). The van der Waals surface area contributed by atoms with Gasteiger partial charge in [0.2, 0.25) is 5.91 Å². The molecule has 0 atom stereocenters. The molecule has 0 saturated carbocycles. The summed E-state index contributed by atoms with van der Waals surface area (Å²) in [4.78, 5) is 22.0. The second-order valence-electron chi connectivity index (χ2n) is 6.38. The maximum atomic E-state index is 12.4. The Kier molecular flexibility index (Phi) is 4.58. The van der Waals surface area contributed by atoms with Gasteiger partial charge in [-0.3, -0.25) is 4.79 Å². The smallest absolute Gasteiger partial charge is 0.228 e. The van der Waals surface area contributed by atoms with Crippen LogP contribution in [0, 0.1) is 0 Å². The quantitative estimate of drug-likeness (QED) is 0.553. The molecule has 0 fully saturated rings. The summed E-state index contributed by atoms with van der Waals surface area (Å²) in [5, 5.41) is 4.05. The van der Waals surface area contributed by atoms with E-state index >= 15 is 0 Å². The Morgan fingerprint density at radius 3 is 2.59 bits per heavy atom. The Labute approximate surface area is 157 Å². The molecule has 1 amide bonds. The molecule has 0 spiro atoms. The summed E-state index contributed by atoms with van der Waals surface area (Å²) in [5.41, 5.74) is 3.82. The van der Waals surface area contributed by atoms with Gasteiger partial charge in [-0.2, -0.15) is 0 Å². The van der Waals surface area contributed by atoms with Crippen molar-refractivity contribution in [2.24, 2.45) is 0 Å². The number of hydrogen-bond donors (Lipinski definition) is 2. The second-order valence-corrected chi connectivity index (χ2v) is 6.38. The predicted octanol–water partition coefficient (Wildman–Crippen LogP) is 4.51. The van der Waals surface area contributed by atoms with Gasteiger partial charge in [0.05, 0.1) is 6.42 Å². The molecule has 0 radical (unpaired) electrons. The Bertz CT molecular complexity index is 1050. The monoisotopic (exact) mass is 356 g/mol. The highest BCUT2D eigenvalue weighted by atomic mass is 16.1. The van der Waals surface area contributed by atoms with E-state index in [1.165, 1.54) is 0 Å². The molecule has 2 aromatic heterocycles. The average molecular weight is 356 g/mol. The van der Waals surface area contributed by atoms with Gasteiger partial charge in [-0.05, 0) is 48.0 Å². The van der Waals surface area contributed by atoms with Gasteiger partial charge in [-0.1, -0.05) is 24.3 Å². The lowest BCUT2D eigenvalue weighted by atomic mass is 10.1. The van der Waals surface area contributed by atoms with Crippen molar-refractivity contribution in [1.82, 2.24) is 9.97 Å². The fraction of sp³-hybridized carbons (Fsp3) is 0.0909. The number of rotatable bonds is 5. The highest BCUT2D eigenvalue weighted by molar-refractivity contribution is 5.95. The number of benzene rings is 2. The fourth-order valence-corrected chi connectivity index (χ4v) is 3.11. The molecule has 0 bridgehead atoms. The van der Waals surface area contributed by atoms with E-state index in [1.807, 2.05) is 84.9 Å². The van der Waals surface area contributed by atoms with E-state index in [0.29, 0.717) is 6.42 Å². The van der Waals surface area contributed by atoms with E-state index in [-0.39, 0.29) is 5.91 Å².